The van der Waals surface area contributed by atoms with Crippen molar-refractivity contribution in [3.8, 4) is 11.5 Å². The van der Waals surface area contributed by atoms with Crippen LogP contribution in [0.3, 0.4) is 0 Å². The summed E-state index contributed by atoms with van der Waals surface area (Å²) in [6.45, 7) is 0. The fraction of sp³-hybridized carbons (Fsp3) is 0.0714. The van der Waals surface area contributed by atoms with Crippen molar-refractivity contribution in [2.45, 2.75) is 6.18 Å². The van der Waals surface area contributed by atoms with Crippen LogP contribution in [0.5, 0.6) is 11.5 Å². The molecule has 0 bridgehead atoms. The number of nitrogen functional groups attached to an aromatic ring is 1. The number of carbonyl (C=O) groups is 1. The Hall–Kier alpha value is -2.70. The first-order valence-electron chi connectivity index (χ1n) is 5.82. The summed E-state index contributed by atoms with van der Waals surface area (Å²) in [5.41, 5.74) is 9.89. The van der Waals surface area contributed by atoms with E-state index in [4.69, 9.17) is 16.2 Å². The Kier molecular flexibility index (Phi) is 3.75. The summed E-state index contributed by atoms with van der Waals surface area (Å²) in [4.78, 5) is 11.3. The number of nitrogens with two attached hydrogens (primary N) is 2. The number of halogens is 3. The molecule has 0 spiro atoms. The fourth-order valence-corrected chi connectivity index (χ4v) is 1.74. The number of anilines is 1. The first-order valence-corrected chi connectivity index (χ1v) is 5.82. The minimum Gasteiger partial charge on any atom is -0.456 e. The molecule has 110 valence electrons. The third kappa shape index (κ3) is 3.25. The zero-order chi connectivity index (χ0) is 15.6. The second-order valence-electron chi connectivity index (χ2n) is 4.22. The molecule has 0 aliphatic heterocycles. The number of hydrogen-bond acceptors (Lipinski definition) is 3. The molecule has 0 heterocycles. The molecule has 21 heavy (non-hydrogen) atoms. The lowest BCUT2D eigenvalue weighted by Gasteiger charge is -2.15. The van der Waals surface area contributed by atoms with Crippen LogP contribution in [0.4, 0.5) is 18.9 Å². The van der Waals surface area contributed by atoms with E-state index >= 15 is 0 Å². The molecule has 0 unspecified atom stereocenters. The highest BCUT2D eigenvalue weighted by molar-refractivity contribution is 5.96. The van der Waals surface area contributed by atoms with E-state index in [0.29, 0.717) is 0 Å². The van der Waals surface area contributed by atoms with Crippen LogP contribution in [0.1, 0.15) is 15.9 Å². The van der Waals surface area contributed by atoms with Crippen LogP contribution < -0.4 is 16.2 Å². The molecule has 0 saturated carbocycles. The lowest BCUT2D eigenvalue weighted by Crippen LogP contribution is -2.13. The van der Waals surface area contributed by atoms with E-state index in [9.17, 15) is 18.0 Å². The molecule has 0 aliphatic rings. The number of alkyl halides is 3. The minimum atomic E-state index is -4.57. The van der Waals surface area contributed by atoms with Crippen molar-refractivity contribution in [2.75, 3.05) is 5.73 Å². The third-order valence-electron chi connectivity index (χ3n) is 2.68. The van der Waals surface area contributed by atoms with Crippen LogP contribution in [0.25, 0.3) is 0 Å². The molecule has 2 aromatic carbocycles. The summed E-state index contributed by atoms with van der Waals surface area (Å²) >= 11 is 0. The zero-order valence-corrected chi connectivity index (χ0v) is 10.6. The molecule has 0 radical (unpaired) electrons. The number of primary amides is 1. The van der Waals surface area contributed by atoms with Gasteiger partial charge in [0.1, 0.15) is 11.5 Å². The minimum absolute atomic E-state index is 0.0894. The molecule has 0 aliphatic carbocycles. The average Bonchev–Trinajstić information content (AvgIpc) is 2.40. The van der Waals surface area contributed by atoms with E-state index < -0.39 is 23.4 Å². The van der Waals surface area contributed by atoms with Crippen LogP contribution >= 0.6 is 0 Å². The molecule has 2 rings (SSSR count). The molecule has 0 saturated heterocycles. The first kappa shape index (κ1) is 14.7. The normalized spacial score (nSPS) is 11.2. The average molecular weight is 296 g/mol. The summed E-state index contributed by atoms with van der Waals surface area (Å²) in [5.74, 6) is -1.35. The van der Waals surface area contributed by atoms with Gasteiger partial charge in [-0.25, -0.2) is 0 Å². The van der Waals surface area contributed by atoms with E-state index in [1.807, 2.05) is 0 Å². The third-order valence-corrected chi connectivity index (χ3v) is 2.68. The van der Waals surface area contributed by atoms with Gasteiger partial charge in [0.15, 0.2) is 0 Å². The number of carbonyl (C=O) groups excluding carboxylic acids is 1. The van der Waals surface area contributed by atoms with Crippen LogP contribution in [-0.2, 0) is 6.18 Å². The summed E-state index contributed by atoms with van der Waals surface area (Å²) in [7, 11) is 0. The van der Waals surface area contributed by atoms with Gasteiger partial charge in [-0.05, 0) is 30.3 Å². The molecule has 0 atom stereocenters. The number of ether oxygens (including phenoxy) is 1. The lowest BCUT2D eigenvalue weighted by atomic mass is 10.1. The predicted octanol–water partition coefficient (Wildman–Crippen LogP) is 3.18. The van der Waals surface area contributed by atoms with Crippen molar-refractivity contribution in [1.82, 2.24) is 0 Å². The number of para-hydroxylation sites is 1. The van der Waals surface area contributed by atoms with Gasteiger partial charge in [0.25, 0.3) is 5.91 Å². The first-order chi connectivity index (χ1) is 9.79. The van der Waals surface area contributed by atoms with Crippen molar-refractivity contribution < 1.29 is 22.7 Å². The highest BCUT2D eigenvalue weighted by atomic mass is 19.4. The number of benzene rings is 2. The van der Waals surface area contributed by atoms with Crippen LogP contribution in [0.2, 0.25) is 0 Å². The molecule has 0 fully saturated rings. The van der Waals surface area contributed by atoms with Gasteiger partial charge in [-0.15, -0.1) is 0 Å². The van der Waals surface area contributed by atoms with Crippen LogP contribution in [-0.4, -0.2) is 5.91 Å². The molecular formula is C14H11F3N2O2. The predicted molar refractivity (Wildman–Crippen MR) is 70.9 cm³/mol. The Morgan fingerprint density at radius 1 is 1.05 bits per heavy atom. The van der Waals surface area contributed by atoms with Gasteiger partial charge in [-0.3, -0.25) is 4.79 Å². The van der Waals surface area contributed by atoms with Crippen molar-refractivity contribution in [3.63, 3.8) is 0 Å². The van der Waals surface area contributed by atoms with Crippen LogP contribution in [0.15, 0.2) is 42.5 Å². The van der Waals surface area contributed by atoms with Crippen molar-refractivity contribution >= 4 is 11.6 Å². The van der Waals surface area contributed by atoms with Gasteiger partial charge in [0.2, 0.25) is 0 Å². The molecule has 0 aromatic heterocycles. The topological polar surface area (TPSA) is 78.3 Å². The smallest absolute Gasteiger partial charge is 0.419 e. The monoisotopic (exact) mass is 296 g/mol. The van der Waals surface area contributed by atoms with Crippen molar-refractivity contribution in [3.05, 3.63) is 53.6 Å². The maximum atomic E-state index is 12.9. The second kappa shape index (κ2) is 5.35. The summed E-state index contributed by atoms with van der Waals surface area (Å²) < 4.78 is 43.9. The summed E-state index contributed by atoms with van der Waals surface area (Å²) in [6, 6.07) is 8.62. The van der Waals surface area contributed by atoms with Gasteiger partial charge >= 0.3 is 6.18 Å². The standard InChI is InChI=1S/C14H11F3N2O2/c15-14(16,17)10-3-1-2-4-12(10)21-11-6-5-8(18)7-9(11)13(19)20/h1-7H,18H2,(H2,19,20). The van der Waals surface area contributed by atoms with E-state index in [2.05, 4.69) is 0 Å². The fourth-order valence-electron chi connectivity index (χ4n) is 1.74. The molecule has 1 amide bonds. The van der Waals surface area contributed by atoms with Crippen molar-refractivity contribution in [2.24, 2.45) is 5.73 Å². The number of rotatable bonds is 3. The van der Waals surface area contributed by atoms with E-state index in [1.54, 1.807) is 0 Å². The van der Waals surface area contributed by atoms with Gasteiger partial charge in [0.05, 0.1) is 11.1 Å². The van der Waals surface area contributed by atoms with Gasteiger partial charge in [0, 0.05) is 5.69 Å². The zero-order valence-electron chi connectivity index (χ0n) is 10.6. The summed E-state index contributed by atoms with van der Waals surface area (Å²) in [6.07, 6.45) is -4.57. The highest BCUT2D eigenvalue weighted by Gasteiger charge is 2.34. The molecule has 7 heteroatoms. The number of amides is 1. The Morgan fingerprint density at radius 3 is 2.33 bits per heavy atom. The van der Waals surface area contributed by atoms with Gasteiger partial charge in [-0.2, -0.15) is 13.2 Å². The Morgan fingerprint density at radius 2 is 1.71 bits per heavy atom. The van der Waals surface area contributed by atoms with Gasteiger partial charge in [-0.1, -0.05) is 12.1 Å². The Labute approximate surface area is 118 Å². The molecule has 4 nitrogen and oxygen atoms in total. The largest absolute Gasteiger partial charge is 0.456 e. The summed E-state index contributed by atoms with van der Waals surface area (Å²) in [5, 5.41) is 0. The SMILES string of the molecule is NC(=O)c1cc(N)ccc1Oc1ccccc1C(F)(F)F. The van der Waals surface area contributed by atoms with Gasteiger partial charge < -0.3 is 16.2 Å². The molecular weight excluding hydrogens is 285 g/mol. The Balaban J connectivity index is 2.47. The molecule has 4 N–H and O–H groups in total. The van der Waals surface area contributed by atoms with Crippen molar-refractivity contribution in [1.29, 1.82) is 0 Å². The lowest BCUT2D eigenvalue weighted by molar-refractivity contribution is -0.138. The molecule has 2 aromatic rings. The Bertz CT molecular complexity index is 684. The number of hydrogen-bond donors (Lipinski definition) is 2. The van der Waals surface area contributed by atoms with E-state index in [-0.39, 0.29) is 17.0 Å². The maximum absolute atomic E-state index is 12.9. The second-order valence-corrected chi connectivity index (χ2v) is 4.22. The van der Waals surface area contributed by atoms with E-state index in [1.165, 1.54) is 30.3 Å². The maximum Gasteiger partial charge on any atom is 0.419 e. The highest BCUT2D eigenvalue weighted by Crippen LogP contribution is 2.38. The van der Waals surface area contributed by atoms with E-state index in [0.717, 1.165) is 12.1 Å². The quantitative estimate of drug-likeness (QED) is 0.854. The van der Waals surface area contributed by atoms with Crippen LogP contribution in [0, 0.1) is 0 Å².